The molecule has 0 aliphatic heterocycles. The molecule has 0 saturated heterocycles. The van der Waals surface area contributed by atoms with Crippen LogP contribution in [0.3, 0.4) is 0 Å². The standard InChI is InChI=1S/C14H16N4O2S/c15-9-12-5-6-13(10-17-12)21(19,20)18-14(11-16)7-3-1-2-4-8-14/h5-6,10,18H,1-4,7-8H2. The molecule has 1 heterocycles. The lowest BCUT2D eigenvalue weighted by Crippen LogP contribution is -2.46. The Bertz CT molecular complexity index is 675. The molecule has 0 spiro atoms. The third kappa shape index (κ3) is 3.57. The first kappa shape index (κ1) is 15.4. The summed E-state index contributed by atoms with van der Waals surface area (Å²) in [4.78, 5) is 3.73. The molecule has 0 unspecified atom stereocenters. The van der Waals surface area contributed by atoms with Crippen molar-refractivity contribution in [3.05, 3.63) is 24.0 Å². The lowest BCUT2D eigenvalue weighted by Gasteiger charge is -2.25. The van der Waals surface area contributed by atoms with Crippen molar-refractivity contribution in [3.8, 4) is 12.1 Å². The minimum atomic E-state index is -3.82. The van der Waals surface area contributed by atoms with Crippen LogP contribution in [0.2, 0.25) is 0 Å². The molecule has 1 aromatic rings. The second kappa shape index (κ2) is 6.21. The molecule has 110 valence electrons. The van der Waals surface area contributed by atoms with E-state index in [4.69, 9.17) is 5.26 Å². The summed E-state index contributed by atoms with van der Waals surface area (Å²) in [6.45, 7) is 0. The SMILES string of the molecule is N#Cc1ccc(S(=O)(=O)NC2(C#N)CCCCCC2)cn1. The quantitative estimate of drug-likeness (QED) is 0.857. The van der Waals surface area contributed by atoms with Gasteiger partial charge in [-0.2, -0.15) is 15.2 Å². The van der Waals surface area contributed by atoms with E-state index in [0.717, 1.165) is 31.9 Å². The first-order valence-corrected chi connectivity index (χ1v) is 8.31. The van der Waals surface area contributed by atoms with E-state index >= 15 is 0 Å². The lowest BCUT2D eigenvalue weighted by molar-refractivity contribution is 0.422. The van der Waals surface area contributed by atoms with Crippen molar-refractivity contribution < 1.29 is 8.42 Å². The highest BCUT2D eigenvalue weighted by atomic mass is 32.2. The Balaban J connectivity index is 2.26. The summed E-state index contributed by atoms with van der Waals surface area (Å²) < 4.78 is 27.3. The van der Waals surface area contributed by atoms with Crippen LogP contribution in [0.25, 0.3) is 0 Å². The van der Waals surface area contributed by atoms with Crippen LogP contribution >= 0.6 is 0 Å². The van der Waals surface area contributed by atoms with Crippen LogP contribution in [0.4, 0.5) is 0 Å². The Hall–Kier alpha value is -1.96. The van der Waals surface area contributed by atoms with E-state index in [9.17, 15) is 13.7 Å². The monoisotopic (exact) mass is 304 g/mol. The van der Waals surface area contributed by atoms with Crippen LogP contribution in [-0.2, 0) is 10.0 Å². The van der Waals surface area contributed by atoms with Crippen molar-refractivity contribution in [3.63, 3.8) is 0 Å². The van der Waals surface area contributed by atoms with Gasteiger partial charge < -0.3 is 0 Å². The van der Waals surface area contributed by atoms with Gasteiger partial charge in [0.1, 0.15) is 22.2 Å². The zero-order valence-electron chi connectivity index (χ0n) is 11.5. The molecule has 0 aromatic carbocycles. The summed E-state index contributed by atoms with van der Waals surface area (Å²) in [7, 11) is -3.82. The fourth-order valence-electron chi connectivity index (χ4n) is 2.49. The molecule has 1 saturated carbocycles. The average Bonchev–Trinajstić information content (AvgIpc) is 2.73. The van der Waals surface area contributed by atoms with E-state index in [-0.39, 0.29) is 10.6 Å². The second-order valence-corrected chi connectivity index (χ2v) is 6.89. The molecule has 1 fully saturated rings. The molecule has 1 aliphatic carbocycles. The van der Waals surface area contributed by atoms with Crippen molar-refractivity contribution in [1.29, 1.82) is 10.5 Å². The number of sulfonamides is 1. The van der Waals surface area contributed by atoms with Gasteiger partial charge in [0.2, 0.25) is 10.0 Å². The molecule has 1 N–H and O–H groups in total. The number of nitrogens with zero attached hydrogens (tertiary/aromatic N) is 3. The topological polar surface area (TPSA) is 107 Å². The largest absolute Gasteiger partial charge is 0.244 e. The molecule has 0 atom stereocenters. The number of hydrogen-bond donors (Lipinski definition) is 1. The third-order valence-electron chi connectivity index (χ3n) is 3.66. The maximum absolute atomic E-state index is 12.4. The van der Waals surface area contributed by atoms with Crippen molar-refractivity contribution >= 4 is 10.0 Å². The molecular weight excluding hydrogens is 288 g/mol. The van der Waals surface area contributed by atoms with Gasteiger partial charge in [-0.25, -0.2) is 13.4 Å². The predicted molar refractivity (Wildman–Crippen MR) is 75.3 cm³/mol. The molecule has 6 nitrogen and oxygen atoms in total. The summed E-state index contributed by atoms with van der Waals surface area (Å²) in [6.07, 6.45) is 5.89. The highest BCUT2D eigenvalue weighted by Gasteiger charge is 2.35. The van der Waals surface area contributed by atoms with Gasteiger partial charge in [0.05, 0.1) is 6.07 Å². The van der Waals surface area contributed by atoms with E-state index in [0.29, 0.717) is 12.8 Å². The van der Waals surface area contributed by atoms with Gasteiger partial charge in [-0.1, -0.05) is 25.7 Å². The van der Waals surface area contributed by atoms with Crippen LogP contribution in [0.15, 0.2) is 23.2 Å². The number of aromatic nitrogens is 1. The molecule has 0 amide bonds. The first-order valence-electron chi connectivity index (χ1n) is 6.83. The van der Waals surface area contributed by atoms with Gasteiger partial charge in [0.25, 0.3) is 0 Å². The van der Waals surface area contributed by atoms with Crippen LogP contribution in [0.5, 0.6) is 0 Å². The van der Waals surface area contributed by atoms with Crippen molar-refractivity contribution in [1.82, 2.24) is 9.71 Å². The predicted octanol–water partition coefficient (Wildman–Crippen LogP) is 1.85. The number of nitrogens with one attached hydrogen (secondary N) is 1. The summed E-state index contributed by atoms with van der Waals surface area (Å²) >= 11 is 0. The average molecular weight is 304 g/mol. The van der Waals surface area contributed by atoms with E-state index in [1.807, 2.05) is 6.07 Å². The smallest absolute Gasteiger partial charge is 0.243 e. The molecule has 21 heavy (non-hydrogen) atoms. The number of pyridine rings is 1. The van der Waals surface area contributed by atoms with Gasteiger partial charge in [0, 0.05) is 6.20 Å². The van der Waals surface area contributed by atoms with E-state index in [2.05, 4.69) is 15.8 Å². The summed E-state index contributed by atoms with van der Waals surface area (Å²) in [5.41, 5.74) is -0.887. The molecular formula is C14H16N4O2S. The second-order valence-electron chi connectivity index (χ2n) is 5.20. The maximum atomic E-state index is 12.4. The normalized spacial score (nSPS) is 18.2. The number of hydrogen-bond acceptors (Lipinski definition) is 5. The highest BCUT2D eigenvalue weighted by molar-refractivity contribution is 7.89. The van der Waals surface area contributed by atoms with E-state index in [1.165, 1.54) is 12.1 Å². The maximum Gasteiger partial charge on any atom is 0.243 e. The zero-order valence-corrected chi connectivity index (χ0v) is 12.4. The number of rotatable bonds is 3. The van der Waals surface area contributed by atoms with Gasteiger partial charge in [0.15, 0.2) is 0 Å². The first-order chi connectivity index (χ1) is 10.0. The van der Waals surface area contributed by atoms with Crippen molar-refractivity contribution in [2.75, 3.05) is 0 Å². The molecule has 1 aromatic heterocycles. The molecule has 7 heteroatoms. The fourth-order valence-corrected chi connectivity index (χ4v) is 3.81. The Morgan fingerprint density at radius 3 is 2.29 bits per heavy atom. The molecule has 2 rings (SSSR count). The van der Waals surface area contributed by atoms with Crippen LogP contribution in [-0.4, -0.2) is 18.9 Å². The fraction of sp³-hybridized carbons (Fsp3) is 0.500. The van der Waals surface area contributed by atoms with E-state index < -0.39 is 15.6 Å². The Kier molecular flexibility index (Phi) is 4.56. The lowest BCUT2D eigenvalue weighted by atomic mass is 9.94. The van der Waals surface area contributed by atoms with Gasteiger partial charge in [-0.3, -0.25) is 0 Å². The Labute approximate surface area is 124 Å². The minimum absolute atomic E-state index is 0.0274. The molecule has 1 aliphatic rings. The Morgan fingerprint density at radius 2 is 1.81 bits per heavy atom. The zero-order chi connectivity index (χ0) is 15.3. The summed E-state index contributed by atoms with van der Waals surface area (Å²) in [5, 5.41) is 18.1. The van der Waals surface area contributed by atoms with E-state index in [1.54, 1.807) is 0 Å². The highest BCUT2D eigenvalue weighted by Crippen LogP contribution is 2.28. The molecule has 0 bridgehead atoms. The minimum Gasteiger partial charge on any atom is -0.244 e. The van der Waals surface area contributed by atoms with Crippen LogP contribution in [0.1, 0.15) is 44.2 Å². The van der Waals surface area contributed by atoms with Crippen molar-refractivity contribution in [2.45, 2.75) is 49.0 Å². The summed E-state index contributed by atoms with van der Waals surface area (Å²) in [6, 6.07) is 6.65. The number of nitriles is 2. The summed E-state index contributed by atoms with van der Waals surface area (Å²) in [5.74, 6) is 0. The van der Waals surface area contributed by atoms with Crippen LogP contribution < -0.4 is 4.72 Å². The van der Waals surface area contributed by atoms with Gasteiger partial charge in [-0.15, -0.1) is 0 Å². The van der Waals surface area contributed by atoms with Crippen LogP contribution in [0, 0.1) is 22.7 Å². The van der Waals surface area contributed by atoms with Gasteiger partial charge in [-0.05, 0) is 25.0 Å². The Morgan fingerprint density at radius 1 is 1.14 bits per heavy atom. The molecule has 0 radical (unpaired) electrons. The third-order valence-corrected chi connectivity index (χ3v) is 5.18. The van der Waals surface area contributed by atoms with Crippen molar-refractivity contribution in [2.24, 2.45) is 0 Å². The van der Waals surface area contributed by atoms with Gasteiger partial charge >= 0.3 is 0 Å².